The molecule has 2 amide bonds. The molecule has 0 spiro atoms. The molecule has 0 saturated carbocycles. The number of ether oxygens (including phenoxy) is 2. The average Bonchev–Trinajstić information content (AvgIpc) is 3.04. The summed E-state index contributed by atoms with van der Waals surface area (Å²) in [6.45, 7) is 9.66. The molecule has 0 fully saturated rings. The van der Waals surface area contributed by atoms with Crippen LogP contribution >= 0.6 is 0 Å². The van der Waals surface area contributed by atoms with Crippen molar-refractivity contribution in [2.24, 2.45) is 0 Å². The molecule has 0 saturated heterocycles. The average molecular weight is 593 g/mol. The van der Waals surface area contributed by atoms with Gasteiger partial charge in [-0.25, -0.2) is 0 Å². The summed E-state index contributed by atoms with van der Waals surface area (Å²) in [5.74, 6) is 1.22. The molecule has 4 aromatic rings. The van der Waals surface area contributed by atoms with Gasteiger partial charge in [0.1, 0.15) is 11.5 Å². The molecule has 4 rings (SSSR count). The quantitative estimate of drug-likeness (QED) is 0.135. The number of amides is 2. The lowest BCUT2D eigenvalue weighted by Gasteiger charge is -2.13. The van der Waals surface area contributed by atoms with Crippen LogP contribution in [-0.4, -0.2) is 25.0 Å². The van der Waals surface area contributed by atoms with Gasteiger partial charge in [0.15, 0.2) is 0 Å². The lowest BCUT2D eigenvalue weighted by atomic mass is 9.99. The first-order valence-electron chi connectivity index (χ1n) is 15.7. The third kappa shape index (κ3) is 9.21. The van der Waals surface area contributed by atoms with Crippen LogP contribution in [0.4, 0.5) is 11.4 Å². The Kier molecular flexibility index (Phi) is 12.0. The molecule has 0 bridgehead atoms. The third-order valence-electron chi connectivity index (χ3n) is 7.55. The fraction of sp³-hybridized carbons (Fsp3) is 0.316. The van der Waals surface area contributed by atoms with Gasteiger partial charge in [-0.2, -0.15) is 0 Å². The van der Waals surface area contributed by atoms with Gasteiger partial charge in [0.25, 0.3) is 11.8 Å². The van der Waals surface area contributed by atoms with Crippen molar-refractivity contribution in [1.29, 1.82) is 0 Å². The van der Waals surface area contributed by atoms with Crippen molar-refractivity contribution < 1.29 is 19.1 Å². The highest BCUT2D eigenvalue weighted by molar-refractivity contribution is 6.05. The first-order valence-corrected chi connectivity index (χ1v) is 15.7. The van der Waals surface area contributed by atoms with Crippen molar-refractivity contribution >= 4 is 23.2 Å². The summed E-state index contributed by atoms with van der Waals surface area (Å²) in [5, 5.41) is 6.05. The van der Waals surface area contributed by atoms with Crippen LogP contribution in [-0.2, 0) is 0 Å². The maximum Gasteiger partial charge on any atom is 0.255 e. The molecule has 44 heavy (non-hydrogen) atoms. The number of carbonyl (C=O) groups excluding carboxylic acids is 2. The summed E-state index contributed by atoms with van der Waals surface area (Å²) < 4.78 is 11.5. The summed E-state index contributed by atoms with van der Waals surface area (Å²) in [7, 11) is 0. The van der Waals surface area contributed by atoms with Crippen LogP contribution in [0.2, 0.25) is 0 Å². The second-order valence-electron chi connectivity index (χ2n) is 11.1. The third-order valence-corrected chi connectivity index (χ3v) is 7.55. The first kappa shape index (κ1) is 32.3. The molecular weight excluding hydrogens is 548 g/mol. The van der Waals surface area contributed by atoms with Crippen LogP contribution in [0.25, 0.3) is 11.1 Å². The molecule has 0 aliphatic rings. The molecule has 0 unspecified atom stereocenters. The van der Waals surface area contributed by atoms with E-state index in [1.54, 1.807) is 24.3 Å². The van der Waals surface area contributed by atoms with Gasteiger partial charge in [-0.1, -0.05) is 51.7 Å². The van der Waals surface area contributed by atoms with E-state index in [9.17, 15) is 9.59 Å². The number of benzene rings is 4. The number of anilines is 2. The van der Waals surface area contributed by atoms with Crippen LogP contribution in [0.5, 0.6) is 11.5 Å². The van der Waals surface area contributed by atoms with Gasteiger partial charge >= 0.3 is 0 Å². The SMILES string of the molecule is CCCCCOc1ccc(C(=O)Nc2ccc(-c3ccc(NC(=O)c4ccc(OCCCCC)cc4)c(C)c3)cc2C)cc1. The van der Waals surface area contributed by atoms with E-state index in [0.29, 0.717) is 24.3 Å². The number of nitrogens with one attached hydrogen (secondary N) is 2. The number of hydrogen-bond donors (Lipinski definition) is 2. The van der Waals surface area contributed by atoms with Crippen LogP contribution in [0.15, 0.2) is 84.9 Å². The maximum absolute atomic E-state index is 12.9. The van der Waals surface area contributed by atoms with E-state index in [1.165, 1.54) is 0 Å². The zero-order valence-corrected chi connectivity index (χ0v) is 26.4. The van der Waals surface area contributed by atoms with Crippen molar-refractivity contribution in [3.05, 3.63) is 107 Å². The van der Waals surface area contributed by atoms with E-state index in [-0.39, 0.29) is 11.8 Å². The standard InChI is InChI=1S/C38H44N2O4/c1-5-7-9-23-43-33-17-11-29(12-18-33)37(41)39-35-21-15-31(25-27(35)3)32-16-22-36(28(4)26-32)40-38(42)30-13-19-34(20-14-30)44-24-10-8-6-2/h11-22,25-26H,5-10,23-24H2,1-4H3,(H,39,41)(H,40,42). The lowest BCUT2D eigenvalue weighted by molar-refractivity contribution is 0.101. The van der Waals surface area contributed by atoms with Crippen LogP contribution in [0.3, 0.4) is 0 Å². The van der Waals surface area contributed by atoms with Crippen molar-refractivity contribution in [3.8, 4) is 22.6 Å². The van der Waals surface area contributed by atoms with E-state index in [2.05, 4.69) is 36.6 Å². The molecule has 0 atom stereocenters. The number of rotatable bonds is 15. The normalized spacial score (nSPS) is 10.7. The molecular formula is C38H44N2O4. The number of hydrogen-bond acceptors (Lipinski definition) is 4. The fourth-order valence-corrected chi connectivity index (χ4v) is 4.85. The molecule has 0 aliphatic heterocycles. The largest absolute Gasteiger partial charge is 0.494 e. The van der Waals surface area contributed by atoms with Crippen molar-refractivity contribution in [3.63, 3.8) is 0 Å². The smallest absolute Gasteiger partial charge is 0.255 e. The Hall–Kier alpha value is -4.58. The van der Waals surface area contributed by atoms with Gasteiger partial charge in [0.05, 0.1) is 13.2 Å². The number of aryl methyl sites for hydroxylation is 2. The Morgan fingerprint density at radius 1 is 0.545 bits per heavy atom. The van der Waals surface area contributed by atoms with Crippen LogP contribution in [0.1, 0.15) is 84.2 Å². The molecule has 4 aromatic carbocycles. The van der Waals surface area contributed by atoms with Gasteiger partial charge < -0.3 is 20.1 Å². The number of carbonyl (C=O) groups is 2. The molecule has 0 radical (unpaired) electrons. The topological polar surface area (TPSA) is 76.7 Å². The summed E-state index contributed by atoms with van der Waals surface area (Å²) in [6, 6.07) is 26.5. The molecule has 0 aliphatic carbocycles. The monoisotopic (exact) mass is 592 g/mol. The van der Waals surface area contributed by atoms with E-state index < -0.39 is 0 Å². The summed E-state index contributed by atoms with van der Waals surface area (Å²) in [6.07, 6.45) is 6.65. The highest BCUT2D eigenvalue weighted by Gasteiger charge is 2.12. The highest BCUT2D eigenvalue weighted by atomic mass is 16.5. The fourth-order valence-electron chi connectivity index (χ4n) is 4.85. The zero-order valence-electron chi connectivity index (χ0n) is 26.4. The van der Waals surface area contributed by atoms with Gasteiger partial charge in [-0.05, 0) is 122 Å². The van der Waals surface area contributed by atoms with Gasteiger partial charge in [0.2, 0.25) is 0 Å². The summed E-state index contributed by atoms with van der Waals surface area (Å²) in [5.41, 5.74) is 6.65. The summed E-state index contributed by atoms with van der Waals surface area (Å²) >= 11 is 0. The Morgan fingerprint density at radius 2 is 0.932 bits per heavy atom. The van der Waals surface area contributed by atoms with E-state index in [4.69, 9.17) is 9.47 Å². The molecule has 2 N–H and O–H groups in total. The lowest BCUT2D eigenvalue weighted by Crippen LogP contribution is -2.13. The first-order chi connectivity index (χ1) is 21.4. The van der Waals surface area contributed by atoms with Gasteiger partial charge in [-0.3, -0.25) is 9.59 Å². The minimum Gasteiger partial charge on any atom is -0.494 e. The summed E-state index contributed by atoms with van der Waals surface area (Å²) in [4.78, 5) is 25.8. The highest BCUT2D eigenvalue weighted by Crippen LogP contribution is 2.29. The molecule has 230 valence electrons. The van der Waals surface area contributed by atoms with Crippen LogP contribution in [0, 0.1) is 13.8 Å². The molecule has 0 aromatic heterocycles. The van der Waals surface area contributed by atoms with Gasteiger partial charge in [0, 0.05) is 22.5 Å². The Morgan fingerprint density at radius 3 is 1.27 bits per heavy atom. The van der Waals surface area contributed by atoms with Crippen molar-refractivity contribution in [2.45, 2.75) is 66.2 Å². The second kappa shape index (κ2) is 16.3. The van der Waals surface area contributed by atoms with E-state index >= 15 is 0 Å². The Labute approximate surface area is 261 Å². The Balaban J connectivity index is 1.34. The molecule has 6 heteroatoms. The molecule has 6 nitrogen and oxygen atoms in total. The van der Waals surface area contributed by atoms with Crippen LogP contribution < -0.4 is 20.1 Å². The predicted octanol–water partition coefficient (Wildman–Crippen LogP) is 9.61. The van der Waals surface area contributed by atoms with E-state index in [1.807, 2.05) is 62.4 Å². The van der Waals surface area contributed by atoms with E-state index in [0.717, 1.165) is 83.7 Å². The van der Waals surface area contributed by atoms with Crippen molar-refractivity contribution in [1.82, 2.24) is 0 Å². The molecule has 0 heterocycles. The zero-order chi connectivity index (χ0) is 31.3. The minimum absolute atomic E-state index is 0.163. The van der Waals surface area contributed by atoms with Crippen molar-refractivity contribution in [2.75, 3.05) is 23.8 Å². The Bertz CT molecular complexity index is 1410. The predicted molar refractivity (Wildman–Crippen MR) is 180 cm³/mol. The number of unbranched alkanes of at least 4 members (excludes halogenated alkanes) is 4. The maximum atomic E-state index is 12.9. The second-order valence-corrected chi connectivity index (χ2v) is 11.1. The van der Waals surface area contributed by atoms with Gasteiger partial charge in [-0.15, -0.1) is 0 Å². The minimum atomic E-state index is -0.163.